The van der Waals surface area contributed by atoms with Crippen LogP contribution in [0, 0.1) is 5.41 Å². The number of nitrogens with zero attached hydrogens (tertiary/aromatic N) is 1. The molecule has 2 atom stereocenters. The Kier molecular flexibility index (Phi) is 5.57. The molecule has 0 aliphatic carbocycles. The average molecular weight is 306 g/mol. The minimum atomic E-state index is -3.04. The summed E-state index contributed by atoms with van der Waals surface area (Å²) in [7, 11) is -1.48. The van der Waals surface area contributed by atoms with Gasteiger partial charge in [0, 0.05) is 19.7 Å². The first kappa shape index (κ1) is 17.4. The molecular weight excluding hydrogens is 280 g/mol. The van der Waals surface area contributed by atoms with Crippen LogP contribution in [0.1, 0.15) is 27.2 Å². The Labute approximate surface area is 121 Å². The van der Waals surface area contributed by atoms with E-state index in [1.807, 2.05) is 20.8 Å². The number of hydrogen-bond donors (Lipinski definition) is 1. The van der Waals surface area contributed by atoms with Crippen molar-refractivity contribution in [2.75, 3.05) is 31.8 Å². The maximum absolute atomic E-state index is 12.5. The molecule has 0 bridgehead atoms. The third-order valence-electron chi connectivity index (χ3n) is 3.67. The minimum Gasteiger partial charge on any atom is -0.383 e. The van der Waals surface area contributed by atoms with Crippen molar-refractivity contribution in [1.29, 1.82) is 0 Å². The molecule has 2 unspecified atom stereocenters. The van der Waals surface area contributed by atoms with Crippen molar-refractivity contribution >= 4 is 15.7 Å². The topological polar surface area (TPSA) is 89.7 Å². The summed E-state index contributed by atoms with van der Waals surface area (Å²) in [5.74, 6) is -0.0324. The highest BCUT2D eigenvalue weighted by molar-refractivity contribution is 7.91. The first-order valence-electron chi connectivity index (χ1n) is 6.84. The fraction of sp³-hybridized carbons (Fsp3) is 0.923. The van der Waals surface area contributed by atoms with Crippen LogP contribution in [0.3, 0.4) is 0 Å². The van der Waals surface area contributed by atoms with E-state index in [1.165, 1.54) is 0 Å². The molecule has 6 nitrogen and oxygen atoms in total. The molecule has 0 spiro atoms. The lowest BCUT2D eigenvalue weighted by molar-refractivity contribution is -0.137. The zero-order valence-electron chi connectivity index (χ0n) is 12.8. The molecule has 2 N–H and O–H groups in total. The number of nitrogens with two attached hydrogens (primary N) is 1. The van der Waals surface area contributed by atoms with E-state index in [-0.39, 0.29) is 28.9 Å². The van der Waals surface area contributed by atoms with E-state index < -0.39 is 15.9 Å². The minimum absolute atomic E-state index is 0.0271. The van der Waals surface area contributed by atoms with Crippen LogP contribution in [0.25, 0.3) is 0 Å². The van der Waals surface area contributed by atoms with Crippen molar-refractivity contribution in [1.82, 2.24) is 4.90 Å². The summed E-state index contributed by atoms with van der Waals surface area (Å²) < 4.78 is 28.2. The first-order valence-corrected chi connectivity index (χ1v) is 8.66. The van der Waals surface area contributed by atoms with Gasteiger partial charge >= 0.3 is 0 Å². The fourth-order valence-corrected chi connectivity index (χ4v) is 3.96. The van der Waals surface area contributed by atoms with Gasteiger partial charge in [-0.05, 0) is 11.8 Å². The standard InChI is InChI=1S/C13H26N2O4S/c1-13(2,3)11(14)12(16)15(6-7-19-4)10-5-8-20(17,18)9-10/h10-11H,5-9,14H2,1-4H3. The average Bonchev–Trinajstić information content (AvgIpc) is 2.67. The Bertz CT molecular complexity index is 442. The second kappa shape index (κ2) is 6.41. The molecule has 0 aromatic rings. The van der Waals surface area contributed by atoms with Gasteiger partial charge in [0.1, 0.15) is 0 Å². The number of methoxy groups -OCH3 is 1. The molecule has 1 saturated heterocycles. The number of amides is 1. The van der Waals surface area contributed by atoms with E-state index in [0.29, 0.717) is 19.6 Å². The quantitative estimate of drug-likeness (QED) is 0.773. The van der Waals surface area contributed by atoms with Crippen LogP contribution in [0.2, 0.25) is 0 Å². The van der Waals surface area contributed by atoms with Crippen LogP contribution in [0.4, 0.5) is 0 Å². The molecule has 118 valence electrons. The molecule has 1 aliphatic heterocycles. The summed E-state index contributed by atoms with van der Waals surface area (Å²) in [6.07, 6.45) is 0.481. The Balaban J connectivity index is 2.87. The van der Waals surface area contributed by atoms with E-state index in [1.54, 1.807) is 12.0 Å². The van der Waals surface area contributed by atoms with Gasteiger partial charge in [-0.2, -0.15) is 0 Å². The number of rotatable bonds is 5. The van der Waals surface area contributed by atoms with Crippen LogP contribution in [-0.4, -0.2) is 63.1 Å². The van der Waals surface area contributed by atoms with E-state index in [2.05, 4.69) is 0 Å². The summed E-state index contributed by atoms with van der Waals surface area (Å²) in [4.78, 5) is 14.1. The molecule has 1 aliphatic rings. The van der Waals surface area contributed by atoms with Gasteiger partial charge in [-0.1, -0.05) is 20.8 Å². The fourth-order valence-electron chi connectivity index (χ4n) is 2.23. The summed E-state index contributed by atoms with van der Waals surface area (Å²) in [6, 6.07) is -0.932. The zero-order valence-corrected chi connectivity index (χ0v) is 13.6. The number of ether oxygens (including phenoxy) is 1. The maximum atomic E-state index is 12.5. The second-order valence-electron chi connectivity index (χ2n) is 6.42. The van der Waals surface area contributed by atoms with Crippen molar-refractivity contribution in [2.45, 2.75) is 39.3 Å². The van der Waals surface area contributed by atoms with Crippen LogP contribution in [0.15, 0.2) is 0 Å². The highest BCUT2D eigenvalue weighted by Crippen LogP contribution is 2.23. The zero-order chi connectivity index (χ0) is 15.6. The normalized spacial score (nSPS) is 23.6. The second-order valence-corrected chi connectivity index (χ2v) is 8.65. The predicted octanol–water partition coefficient (Wildman–Crippen LogP) is 0.0219. The van der Waals surface area contributed by atoms with Gasteiger partial charge in [-0.25, -0.2) is 8.42 Å². The molecule has 1 amide bonds. The molecule has 0 saturated carbocycles. The van der Waals surface area contributed by atoms with Crippen LogP contribution >= 0.6 is 0 Å². The lowest BCUT2D eigenvalue weighted by Crippen LogP contribution is -2.54. The molecule has 0 radical (unpaired) electrons. The molecule has 7 heteroatoms. The van der Waals surface area contributed by atoms with Gasteiger partial charge in [0.05, 0.1) is 24.2 Å². The van der Waals surface area contributed by atoms with E-state index in [4.69, 9.17) is 10.5 Å². The lowest BCUT2D eigenvalue weighted by atomic mass is 9.86. The van der Waals surface area contributed by atoms with E-state index >= 15 is 0 Å². The van der Waals surface area contributed by atoms with E-state index in [0.717, 1.165) is 0 Å². The van der Waals surface area contributed by atoms with Crippen molar-refractivity contribution < 1.29 is 17.9 Å². The van der Waals surface area contributed by atoms with Gasteiger partial charge < -0.3 is 15.4 Å². The largest absolute Gasteiger partial charge is 0.383 e. The smallest absolute Gasteiger partial charge is 0.240 e. The molecule has 0 aromatic carbocycles. The van der Waals surface area contributed by atoms with Crippen molar-refractivity contribution in [3.63, 3.8) is 0 Å². The summed E-state index contributed by atoms with van der Waals surface area (Å²) in [5, 5.41) is 0. The van der Waals surface area contributed by atoms with Crippen molar-refractivity contribution in [3.05, 3.63) is 0 Å². The van der Waals surface area contributed by atoms with Crippen molar-refractivity contribution in [2.24, 2.45) is 11.1 Å². The lowest BCUT2D eigenvalue weighted by Gasteiger charge is -2.35. The van der Waals surface area contributed by atoms with Gasteiger partial charge in [0.25, 0.3) is 0 Å². The monoisotopic (exact) mass is 306 g/mol. The Hall–Kier alpha value is -0.660. The molecule has 20 heavy (non-hydrogen) atoms. The third kappa shape index (κ3) is 4.43. The Morgan fingerprint density at radius 1 is 1.45 bits per heavy atom. The van der Waals surface area contributed by atoms with Gasteiger partial charge in [0.2, 0.25) is 5.91 Å². The number of carbonyl (C=O) groups excluding carboxylic acids is 1. The van der Waals surface area contributed by atoms with Crippen molar-refractivity contribution in [3.8, 4) is 0 Å². The molecule has 1 fully saturated rings. The molecular formula is C13H26N2O4S. The van der Waals surface area contributed by atoms with Gasteiger partial charge in [0.15, 0.2) is 9.84 Å². The first-order chi connectivity index (χ1) is 9.08. The molecule has 1 heterocycles. The van der Waals surface area contributed by atoms with Gasteiger partial charge in [-0.3, -0.25) is 4.79 Å². The summed E-state index contributed by atoms with van der Waals surface area (Å²) in [5.41, 5.74) is 5.66. The van der Waals surface area contributed by atoms with Crippen LogP contribution < -0.4 is 5.73 Å². The maximum Gasteiger partial charge on any atom is 0.240 e. The number of sulfone groups is 1. The molecule has 0 aromatic heterocycles. The number of hydrogen-bond acceptors (Lipinski definition) is 5. The van der Waals surface area contributed by atoms with Crippen LogP contribution in [-0.2, 0) is 19.4 Å². The number of carbonyl (C=O) groups is 1. The molecule has 1 rings (SSSR count). The van der Waals surface area contributed by atoms with E-state index in [9.17, 15) is 13.2 Å². The SMILES string of the molecule is COCCN(C(=O)C(N)C(C)(C)C)C1CCS(=O)(=O)C1. The predicted molar refractivity (Wildman–Crippen MR) is 78.1 cm³/mol. The Morgan fingerprint density at radius 2 is 2.05 bits per heavy atom. The summed E-state index contributed by atoms with van der Waals surface area (Å²) in [6.45, 7) is 6.44. The van der Waals surface area contributed by atoms with Gasteiger partial charge in [-0.15, -0.1) is 0 Å². The Morgan fingerprint density at radius 3 is 2.45 bits per heavy atom. The third-order valence-corrected chi connectivity index (χ3v) is 5.42. The highest BCUT2D eigenvalue weighted by Gasteiger charge is 2.38. The summed E-state index contributed by atoms with van der Waals surface area (Å²) >= 11 is 0. The highest BCUT2D eigenvalue weighted by atomic mass is 32.2. The van der Waals surface area contributed by atoms with Crippen LogP contribution in [0.5, 0.6) is 0 Å².